The SMILES string of the molecule is CC(C)N1CCCC1Cc1nnc2c(N)cccn12. The number of likely N-dealkylation sites (tertiary alicyclic amines) is 1. The highest BCUT2D eigenvalue weighted by atomic mass is 15.3. The highest BCUT2D eigenvalue weighted by molar-refractivity contribution is 5.63. The molecule has 1 fully saturated rings. The fourth-order valence-corrected chi connectivity index (χ4v) is 3.09. The Morgan fingerprint density at radius 1 is 1.42 bits per heavy atom. The van der Waals surface area contributed by atoms with Gasteiger partial charge in [-0.05, 0) is 45.4 Å². The van der Waals surface area contributed by atoms with E-state index in [-0.39, 0.29) is 0 Å². The summed E-state index contributed by atoms with van der Waals surface area (Å²) in [6, 6.07) is 4.99. The van der Waals surface area contributed by atoms with E-state index in [1.54, 1.807) is 0 Å². The van der Waals surface area contributed by atoms with Gasteiger partial charge in [0.25, 0.3) is 0 Å². The van der Waals surface area contributed by atoms with Gasteiger partial charge in [0.15, 0.2) is 5.65 Å². The van der Waals surface area contributed by atoms with E-state index in [0.717, 1.165) is 17.9 Å². The van der Waals surface area contributed by atoms with E-state index in [1.165, 1.54) is 19.4 Å². The first-order chi connectivity index (χ1) is 9.16. The Hall–Kier alpha value is -1.62. The number of rotatable bonds is 3. The molecule has 1 aliphatic rings. The largest absolute Gasteiger partial charge is 0.396 e. The van der Waals surface area contributed by atoms with Crippen molar-refractivity contribution in [1.82, 2.24) is 19.5 Å². The summed E-state index contributed by atoms with van der Waals surface area (Å²) in [7, 11) is 0. The third-order valence-corrected chi connectivity index (χ3v) is 4.04. The number of pyridine rings is 1. The molecule has 0 bridgehead atoms. The van der Waals surface area contributed by atoms with Crippen LogP contribution in [0.5, 0.6) is 0 Å². The fourth-order valence-electron chi connectivity index (χ4n) is 3.09. The van der Waals surface area contributed by atoms with Crippen LogP contribution < -0.4 is 5.73 Å². The average molecular weight is 259 g/mol. The highest BCUT2D eigenvalue weighted by Gasteiger charge is 2.28. The van der Waals surface area contributed by atoms with Gasteiger partial charge in [0.1, 0.15) is 5.82 Å². The Labute approximate surface area is 113 Å². The van der Waals surface area contributed by atoms with Crippen molar-refractivity contribution in [2.75, 3.05) is 12.3 Å². The van der Waals surface area contributed by atoms with Crippen molar-refractivity contribution in [2.45, 2.75) is 45.2 Å². The predicted molar refractivity (Wildman–Crippen MR) is 76.0 cm³/mol. The Morgan fingerprint density at radius 2 is 2.26 bits per heavy atom. The second-order valence-electron chi connectivity index (χ2n) is 5.61. The zero-order valence-electron chi connectivity index (χ0n) is 11.6. The van der Waals surface area contributed by atoms with E-state index in [4.69, 9.17) is 5.73 Å². The van der Waals surface area contributed by atoms with Crippen LogP contribution in [0.1, 0.15) is 32.5 Å². The lowest BCUT2D eigenvalue weighted by molar-refractivity contribution is 0.200. The lowest BCUT2D eigenvalue weighted by Crippen LogP contribution is -2.37. The number of nitrogen functional groups attached to an aromatic ring is 1. The lowest BCUT2D eigenvalue weighted by Gasteiger charge is -2.27. The van der Waals surface area contributed by atoms with Crippen LogP contribution >= 0.6 is 0 Å². The molecule has 0 aromatic carbocycles. The van der Waals surface area contributed by atoms with Gasteiger partial charge in [-0.15, -0.1) is 10.2 Å². The molecule has 0 saturated carbocycles. The Kier molecular flexibility index (Phi) is 3.14. The Balaban J connectivity index is 1.87. The number of anilines is 1. The van der Waals surface area contributed by atoms with E-state index in [2.05, 4.69) is 28.9 Å². The molecule has 1 saturated heterocycles. The summed E-state index contributed by atoms with van der Waals surface area (Å²) in [5.74, 6) is 1.01. The molecule has 0 amide bonds. The summed E-state index contributed by atoms with van der Waals surface area (Å²) in [5, 5.41) is 8.52. The monoisotopic (exact) mass is 259 g/mol. The van der Waals surface area contributed by atoms with Crippen LogP contribution in [0, 0.1) is 0 Å². The topological polar surface area (TPSA) is 59.5 Å². The van der Waals surface area contributed by atoms with Gasteiger partial charge in [-0.2, -0.15) is 0 Å². The number of aromatic nitrogens is 3. The van der Waals surface area contributed by atoms with Crippen molar-refractivity contribution >= 4 is 11.3 Å². The van der Waals surface area contributed by atoms with Crippen molar-refractivity contribution in [1.29, 1.82) is 0 Å². The van der Waals surface area contributed by atoms with Gasteiger partial charge in [-0.25, -0.2) is 0 Å². The van der Waals surface area contributed by atoms with E-state index in [9.17, 15) is 0 Å². The van der Waals surface area contributed by atoms with E-state index in [0.29, 0.717) is 17.8 Å². The smallest absolute Gasteiger partial charge is 0.183 e. The summed E-state index contributed by atoms with van der Waals surface area (Å²) in [6.07, 6.45) is 5.47. The molecule has 1 unspecified atom stereocenters. The van der Waals surface area contributed by atoms with Crippen LogP contribution in [-0.2, 0) is 6.42 Å². The second kappa shape index (κ2) is 4.81. The molecule has 3 rings (SSSR count). The standard InChI is InChI=1S/C14H21N5/c1-10(2)18-7-3-5-11(18)9-13-16-17-14-12(15)6-4-8-19(13)14/h4,6,8,10-11H,3,5,7,9,15H2,1-2H3. The first kappa shape index (κ1) is 12.4. The number of hydrogen-bond donors (Lipinski definition) is 1. The summed E-state index contributed by atoms with van der Waals surface area (Å²) < 4.78 is 2.02. The van der Waals surface area contributed by atoms with Gasteiger partial charge >= 0.3 is 0 Å². The maximum atomic E-state index is 5.92. The number of nitrogens with zero attached hydrogens (tertiary/aromatic N) is 4. The zero-order chi connectivity index (χ0) is 13.4. The highest BCUT2D eigenvalue weighted by Crippen LogP contribution is 2.23. The molecular weight excluding hydrogens is 238 g/mol. The molecule has 5 heteroatoms. The van der Waals surface area contributed by atoms with E-state index >= 15 is 0 Å². The first-order valence-corrected chi connectivity index (χ1v) is 7.00. The molecule has 1 aliphatic heterocycles. The molecule has 102 valence electrons. The minimum absolute atomic E-state index is 0.578. The molecule has 0 radical (unpaired) electrons. The van der Waals surface area contributed by atoms with Gasteiger partial charge < -0.3 is 5.73 Å². The van der Waals surface area contributed by atoms with Crippen LogP contribution in [0.3, 0.4) is 0 Å². The Morgan fingerprint density at radius 3 is 3.05 bits per heavy atom. The average Bonchev–Trinajstić information content (AvgIpc) is 2.98. The van der Waals surface area contributed by atoms with E-state index in [1.807, 2.05) is 22.7 Å². The third-order valence-electron chi connectivity index (χ3n) is 4.04. The maximum absolute atomic E-state index is 5.92. The summed E-state index contributed by atoms with van der Waals surface area (Å²) in [6.45, 7) is 5.72. The van der Waals surface area contributed by atoms with Gasteiger partial charge in [-0.3, -0.25) is 9.30 Å². The van der Waals surface area contributed by atoms with Crippen molar-refractivity contribution < 1.29 is 0 Å². The van der Waals surface area contributed by atoms with E-state index < -0.39 is 0 Å². The fraction of sp³-hybridized carbons (Fsp3) is 0.571. The van der Waals surface area contributed by atoms with Crippen molar-refractivity contribution in [3.8, 4) is 0 Å². The van der Waals surface area contributed by atoms with Crippen LogP contribution in [0.4, 0.5) is 5.69 Å². The summed E-state index contributed by atoms with van der Waals surface area (Å²) >= 11 is 0. The molecule has 2 aromatic heterocycles. The Bertz CT molecular complexity index is 574. The molecule has 1 atom stereocenters. The van der Waals surface area contributed by atoms with Crippen LogP contribution in [0.25, 0.3) is 5.65 Å². The van der Waals surface area contributed by atoms with Gasteiger partial charge in [-0.1, -0.05) is 0 Å². The normalized spacial score (nSPS) is 20.7. The molecule has 5 nitrogen and oxygen atoms in total. The molecule has 2 N–H and O–H groups in total. The minimum atomic E-state index is 0.578. The number of nitrogens with two attached hydrogens (primary N) is 1. The molecule has 2 aromatic rings. The number of hydrogen-bond acceptors (Lipinski definition) is 4. The van der Waals surface area contributed by atoms with Crippen LogP contribution in [0.15, 0.2) is 18.3 Å². The van der Waals surface area contributed by atoms with Crippen molar-refractivity contribution in [2.24, 2.45) is 0 Å². The molecule has 0 spiro atoms. The number of fused-ring (bicyclic) bond motifs is 1. The third kappa shape index (κ3) is 2.18. The van der Waals surface area contributed by atoms with Gasteiger partial charge in [0.2, 0.25) is 0 Å². The van der Waals surface area contributed by atoms with Gasteiger partial charge in [0, 0.05) is 24.7 Å². The van der Waals surface area contributed by atoms with Gasteiger partial charge in [0.05, 0.1) is 5.69 Å². The second-order valence-corrected chi connectivity index (χ2v) is 5.61. The zero-order valence-corrected chi connectivity index (χ0v) is 11.6. The van der Waals surface area contributed by atoms with Crippen molar-refractivity contribution in [3.63, 3.8) is 0 Å². The molecule has 19 heavy (non-hydrogen) atoms. The summed E-state index contributed by atoms with van der Waals surface area (Å²) in [5.41, 5.74) is 7.38. The first-order valence-electron chi connectivity index (χ1n) is 7.00. The quantitative estimate of drug-likeness (QED) is 0.912. The molecular formula is C14H21N5. The lowest BCUT2D eigenvalue weighted by atomic mass is 10.1. The molecule has 3 heterocycles. The molecule has 0 aliphatic carbocycles. The summed E-state index contributed by atoms with van der Waals surface area (Å²) in [4.78, 5) is 2.56. The minimum Gasteiger partial charge on any atom is -0.396 e. The van der Waals surface area contributed by atoms with Crippen molar-refractivity contribution in [3.05, 3.63) is 24.2 Å². The predicted octanol–water partition coefficient (Wildman–Crippen LogP) is 1.73. The van der Waals surface area contributed by atoms with Crippen LogP contribution in [0.2, 0.25) is 0 Å². The maximum Gasteiger partial charge on any atom is 0.183 e. The van der Waals surface area contributed by atoms with Crippen LogP contribution in [-0.4, -0.2) is 38.1 Å².